The van der Waals surface area contributed by atoms with Crippen molar-refractivity contribution < 1.29 is 14.3 Å². The van der Waals surface area contributed by atoms with Crippen molar-refractivity contribution in [2.45, 2.75) is 45.6 Å². The van der Waals surface area contributed by atoms with Crippen molar-refractivity contribution >= 4 is 17.2 Å². The van der Waals surface area contributed by atoms with Crippen molar-refractivity contribution in [2.24, 2.45) is 0 Å². The molecule has 1 atom stereocenters. The van der Waals surface area contributed by atoms with Crippen LogP contribution in [0.2, 0.25) is 0 Å². The molecule has 1 fully saturated rings. The number of hydrogen-bond donors (Lipinski definition) is 1. The van der Waals surface area contributed by atoms with Gasteiger partial charge in [-0.1, -0.05) is 6.42 Å². The number of rotatable bonds is 8. The second-order valence-electron chi connectivity index (χ2n) is 7.49. The molecule has 2 heterocycles. The topological polar surface area (TPSA) is 63.7 Å². The van der Waals surface area contributed by atoms with Crippen LogP contribution >= 0.6 is 11.3 Å². The van der Waals surface area contributed by atoms with Crippen molar-refractivity contribution in [1.29, 1.82) is 0 Å². The summed E-state index contributed by atoms with van der Waals surface area (Å²) in [4.78, 5) is 20.4. The van der Waals surface area contributed by atoms with Gasteiger partial charge in [0.25, 0.3) is 5.91 Å². The van der Waals surface area contributed by atoms with Gasteiger partial charge in [-0.15, -0.1) is 11.3 Å². The maximum atomic E-state index is 12.7. The molecule has 158 valence electrons. The predicted molar refractivity (Wildman–Crippen MR) is 117 cm³/mol. The second kappa shape index (κ2) is 10.1. The molecule has 1 aromatic carbocycles. The van der Waals surface area contributed by atoms with Crippen molar-refractivity contribution in [3.63, 3.8) is 0 Å². The monoisotopic (exact) mass is 417 g/mol. The van der Waals surface area contributed by atoms with E-state index in [9.17, 15) is 4.79 Å². The van der Waals surface area contributed by atoms with E-state index in [1.807, 2.05) is 25.1 Å². The molecule has 6 nitrogen and oxygen atoms in total. The lowest BCUT2D eigenvalue weighted by Crippen LogP contribution is -2.39. The maximum absolute atomic E-state index is 12.7. The SMILES string of the molecule is COc1ccc(-c2nc(C)c(C(=O)NCCCN3CCCC[C@@H]3C)s2)cc1OC. The van der Waals surface area contributed by atoms with E-state index in [0.29, 0.717) is 29.0 Å². The molecule has 1 aliphatic heterocycles. The lowest BCUT2D eigenvalue weighted by atomic mass is 10.0. The summed E-state index contributed by atoms with van der Waals surface area (Å²) in [6, 6.07) is 6.33. The summed E-state index contributed by atoms with van der Waals surface area (Å²) in [6.07, 6.45) is 4.87. The second-order valence-corrected chi connectivity index (χ2v) is 8.49. The summed E-state index contributed by atoms with van der Waals surface area (Å²) in [6.45, 7) is 7.09. The Bertz CT molecular complexity index is 837. The molecule has 1 aliphatic rings. The molecule has 1 N–H and O–H groups in total. The Morgan fingerprint density at radius 1 is 1.28 bits per heavy atom. The third-order valence-electron chi connectivity index (χ3n) is 5.48. The van der Waals surface area contributed by atoms with Gasteiger partial charge in [-0.05, 0) is 57.9 Å². The van der Waals surface area contributed by atoms with Crippen LogP contribution in [-0.4, -0.2) is 55.7 Å². The van der Waals surface area contributed by atoms with E-state index in [4.69, 9.17) is 9.47 Å². The van der Waals surface area contributed by atoms with Crippen LogP contribution < -0.4 is 14.8 Å². The molecule has 7 heteroatoms. The number of aromatic nitrogens is 1. The van der Waals surface area contributed by atoms with E-state index in [0.717, 1.165) is 29.2 Å². The normalized spacial score (nSPS) is 17.2. The number of amides is 1. The van der Waals surface area contributed by atoms with Crippen LogP contribution in [0.4, 0.5) is 0 Å². The number of carbonyl (C=O) groups excluding carboxylic acids is 1. The number of piperidine rings is 1. The predicted octanol–water partition coefficient (Wildman–Crippen LogP) is 4.13. The molecule has 1 amide bonds. The molecule has 0 bridgehead atoms. The minimum atomic E-state index is -0.0431. The summed E-state index contributed by atoms with van der Waals surface area (Å²) in [5.41, 5.74) is 1.66. The highest BCUT2D eigenvalue weighted by Crippen LogP contribution is 2.34. The highest BCUT2D eigenvalue weighted by atomic mass is 32.1. The van der Waals surface area contributed by atoms with Gasteiger partial charge in [0, 0.05) is 24.7 Å². The third-order valence-corrected chi connectivity index (χ3v) is 6.69. The molecule has 2 aromatic rings. The molecular weight excluding hydrogens is 386 g/mol. The number of thiazole rings is 1. The Labute approximate surface area is 177 Å². The van der Waals surface area contributed by atoms with Gasteiger partial charge in [0.15, 0.2) is 11.5 Å². The van der Waals surface area contributed by atoms with Crippen molar-refractivity contribution in [2.75, 3.05) is 33.9 Å². The third kappa shape index (κ3) is 5.28. The quantitative estimate of drug-likeness (QED) is 0.655. The number of methoxy groups -OCH3 is 2. The van der Waals surface area contributed by atoms with Crippen LogP contribution in [0.1, 0.15) is 48.0 Å². The minimum absolute atomic E-state index is 0.0431. The summed E-state index contributed by atoms with van der Waals surface area (Å²) >= 11 is 1.41. The van der Waals surface area contributed by atoms with E-state index >= 15 is 0 Å². The van der Waals surface area contributed by atoms with Crippen molar-refractivity contribution in [3.05, 3.63) is 28.8 Å². The molecule has 1 saturated heterocycles. The fraction of sp³-hybridized carbons (Fsp3) is 0.545. The van der Waals surface area contributed by atoms with Gasteiger partial charge in [0.2, 0.25) is 0 Å². The summed E-state index contributed by atoms with van der Waals surface area (Å²) in [7, 11) is 3.22. The number of aryl methyl sites for hydroxylation is 1. The van der Waals surface area contributed by atoms with Gasteiger partial charge in [0.1, 0.15) is 9.88 Å². The highest BCUT2D eigenvalue weighted by molar-refractivity contribution is 7.17. The smallest absolute Gasteiger partial charge is 0.263 e. The van der Waals surface area contributed by atoms with E-state index in [2.05, 4.69) is 22.1 Å². The Kier molecular flexibility index (Phi) is 7.50. The fourth-order valence-electron chi connectivity index (χ4n) is 3.75. The number of benzene rings is 1. The number of ether oxygens (including phenoxy) is 2. The lowest BCUT2D eigenvalue weighted by Gasteiger charge is -2.33. The van der Waals surface area contributed by atoms with Crippen LogP contribution in [0.25, 0.3) is 10.6 Å². The van der Waals surface area contributed by atoms with Crippen LogP contribution in [0.3, 0.4) is 0 Å². The average molecular weight is 418 g/mol. The highest BCUT2D eigenvalue weighted by Gasteiger charge is 2.19. The number of nitrogens with one attached hydrogen (secondary N) is 1. The fourth-order valence-corrected chi connectivity index (χ4v) is 4.73. The summed E-state index contributed by atoms with van der Waals surface area (Å²) in [5.74, 6) is 1.28. The van der Waals surface area contributed by atoms with E-state index in [1.54, 1.807) is 14.2 Å². The zero-order valence-electron chi connectivity index (χ0n) is 17.8. The van der Waals surface area contributed by atoms with Crippen LogP contribution in [0.5, 0.6) is 11.5 Å². The molecule has 0 spiro atoms. The first kappa shape index (κ1) is 21.6. The molecule has 0 saturated carbocycles. The Morgan fingerprint density at radius 2 is 2.07 bits per heavy atom. The van der Waals surface area contributed by atoms with Crippen molar-refractivity contribution in [1.82, 2.24) is 15.2 Å². The molecular formula is C22H31N3O3S. The van der Waals surface area contributed by atoms with Gasteiger partial charge < -0.3 is 19.7 Å². The molecule has 29 heavy (non-hydrogen) atoms. The van der Waals surface area contributed by atoms with Crippen LogP contribution in [0.15, 0.2) is 18.2 Å². The largest absolute Gasteiger partial charge is 0.493 e. The number of nitrogens with zero attached hydrogens (tertiary/aromatic N) is 2. The van der Waals surface area contributed by atoms with E-state index in [1.165, 1.54) is 37.1 Å². The van der Waals surface area contributed by atoms with Gasteiger partial charge in [-0.25, -0.2) is 4.98 Å². The van der Waals surface area contributed by atoms with Crippen LogP contribution in [-0.2, 0) is 0 Å². The Morgan fingerprint density at radius 3 is 2.79 bits per heavy atom. The molecule has 0 aliphatic carbocycles. The first-order valence-electron chi connectivity index (χ1n) is 10.3. The number of hydrogen-bond acceptors (Lipinski definition) is 6. The average Bonchev–Trinajstić information content (AvgIpc) is 3.13. The molecule has 0 unspecified atom stereocenters. The Hall–Kier alpha value is -2.12. The minimum Gasteiger partial charge on any atom is -0.493 e. The standard InChI is InChI=1S/C22H31N3O3S/c1-15-8-5-6-12-25(15)13-7-11-23-21(26)20-16(2)24-22(29-20)17-9-10-18(27-3)19(14-17)28-4/h9-10,14-15H,5-8,11-13H2,1-4H3,(H,23,26)/t15-/m0/s1. The number of carbonyl (C=O) groups is 1. The lowest BCUT2D eigenvalue weighted by molar-refractivity contribution is 0.0952. The van der Waals surface area contributed by atoms with Crippen LogP contribution in [0, 0.1) is 6.92 Å². The zero-order valence-corrected chi connectivity index (χ0v) is 18.6. The van der Waals surface area contributed by atoms with Gasteiger partial charge in [-0.2, -0.15) is 0 Å². The number of likely N-dealkylation sites (tertiary alicyclic amines) is 1. The van der Waals surface area contributed by atoms with Crippen molar-refractivity contribution in [3.8, 4) is 22.1 Å². The molecule has 3 rings (SSSR count). The molecule has 0 radical (unpaired) electrons. The Balaban J connectivity index is 1.58. The van der Waals surface area contributed by atoms with Gasteiger partial charge in [0.05, 0.1) is 19.9 Å². The first-order chi connectivity index (χ1) is 14.0. The maximum Gasteiger partial charge on any atom is 0.263 e. The zero-order chi connectivity index (χ0) is 20.8. The molecule has 1 aromatic heterocycles. The summed E-state index contributed by atoms with van der Waals surface area (Å²) in [5, 5.41) is 3.86. The van der Waals surface area contributed by atoms with Gasteiger partial charge in [-0.3, -0.25) is 4.79 Å². The van der Waals surface area contributed by atoms with E-state index in [-0.39, 0.29) is 5.91 Å². The van der Waals surface area contributed by atoms with E-state index < -0.39 is 0 Å². The summed E-state index contributed by atoms with van der Waals surface area (Å²) < 4.78 is 10.7. The van der Waals surface area contributed by atoms with Gasteiger partial charge >= 0.3 is 0 Å². The first-order valence-corrected chi connectivity index (χ1v) is 11.1.